The Labute approximate surface area is 87.7 Å². The lowest BCUT2D eigenvalue weighted by atomic mass is 9.83. The molecule has 0 aromatic carbocycles. The van der Waals surface area contributed by atoms with Crippen LogP contribution < -0.4 is 0 Å². The molecule has 82 valence electrons. The SMILES string of the molecule is CC1CC(=O)N(C(C)C)CC(C)(C)C1. The van der Waals surface area contributed by atoms with Crippen LogP contribution in [0.1, 0.15) is 47.5 Å². The third-order valence-corrected chi connectivity index (χ3v) is 2.97. The second-order valence-corrected chi connectivity index (χ2v) is 5.79. The summed E-state index contributed by atoms with van der Waals surface area (Å²) >= 11 is 0. The van der Waals surface area contributed by atoms with Crippen molar-refractivity contribution in [2.24, 2.45) is 11.3 Å². The highest BCUT2D eigenvalue weighted by Crippen LogP contribution is 2.32. The van der Waals surface area contributed by atoms with Crippen molar-refractivity contribution < 1.29 is 4.79 Å². The molecule has 0 bridgehead atoms. The summed E-state index contributed by atoms with van der Waals surface area (Å²) in [6, 6.07) is 0.340. The molecule has 1 atom stereocenters. The summed E-state index contributed by atoms with van der Waals surface area (Å²) in [5.74, 6) is 0.860. The number of hydrogen-bond acceptors (Lipinski definition) is 1. The molecule has 1 unspecified atom stereocenters. The molecule has 0 aliphatic carbocycles. The lowest BCUT2D eigenvalue weighted by Gasteiger charge is -2.32. The van der Waals surface area contributed by atoms with Crippen molar-refractivity contribution in [3.63, 3.8) is 0 Å². The topological polar surface area (TPSA) is 20.3 Å². The average Bonchev–Trinajstić information content (AvgIpc) is 2.06. The van der Waals surface area contributed by atoms with Crippen molar-refractivity contribution in [2.45, 2.75) is 53.5 Å². The number of hydrogen-bond donors (Lipinski definition) is 0. The van der Waals surface area contributed by atoms with E-state index in [2.05, 4.69) is 34.6 Å². The van der Waals surface area contributed by atoms with E-state index in [4.69, 9.17) is 0 Å². The smallest absolute Gasteiger partial charge is 0.223 e. The van der Waals surface area contributed by atoms with Gasteiger partial charge in [-0.15, -0.1) is 0 Å². The molecule has 1 fully saturated rings. The second-order valence-electron chi connectivity index (χ2n) is 5.79. The van der Waals surface area contributed by atoms with Crippen LogP contribution in [0, 0.1) is 11.3 Å². The van der Waals surface area contributed by atoms with Crippen molar-refractivity contribution in [3.8, 4) is 0 Å². The van der Waals surface area contributed by atoms with Crippen LogP contribution in [0.15, 0.2) is 0 Å². The van der Waals surface area contributed by atoms with Crippen molar-refractivity contribution in [2.75, 3.05) is 6.54 Å². The summed E-state index contributed by atoms with van der Waals surface area (Å²) in [5.41, 5.74) is 0.274. The van der Waals surface area contributed by atoms with Gasteiger partial charge in [-0.3, -0.25) is 4.79 Å². The number of amides is 1. The lowest BCUT2D eigenvalue weighted by Crippen LogP contribution is -2.40. The molecule has 0 radical (unpaired) electrons. The molecule has 14 heavy (non-hydrogen) atoms. The largest absolute Gasteiger partial charge is 0.340 e. The van der Waals surface area contributed by atoms with Gasteiger partial charge in [0.15, 0.2) is 0 Å². The third-order valence-electron chi connectivity index (χ3n) is 2.97. The van der Waals surface area contributed by atoms with Gasteiger partial charge in [-0.2, -0.15) is 0 Å². The van der Waals surface area contributed by atoms with E-state index in [1.54, 1.807) is 0 Å². The Morgan fingerprint density at radius 2 is 2.00 bits per heavy atom. The number of likely N-dealkylation sites (tertiary alicyclic amines) is 1. The van der Waals surface area contributed by atoms with Crippen LogP contribution in [0.2, 0.25) is 0 Å². The van der Waals surface area contributed by atoms with Crippen LogP contribution in [0.3, 0.4) is 0 Å². The summed E-state index contributed by atoms with van der Waals surface area (Å²) < 4.78 is 0. The first-order chi connectivity index (χ1) is 6.32. The fourth-order valence-corrected chi connectivity index (χ4v) is 2.52. The molecular formula is C12H23NO. The zero-order valence-electron chi connectivity index (χ0n) is 10.1. The molecule has 0 N–H and O–H groups in total. The van der Waals surface area contributed by atoms with E-state index in [0.717, 1.165) is 19.4 Å². The van der Waals surface area contributed by atoms with Crippen molar-refractivity contribution >= 4 is 5.91 Å². The molecule has 1 aliphatic rings. The first-order valence-electron chi connectivity index (χ1n) is 5.61. The number of carbonyl (C=O) groups is 1. The normalized spacial score (nSPS) is 28.0. The lowest BCUT2D eigenvalue weighted by molar-refractivity contribution is -0.133. The highest BCUT2D eigenvalue weighted by molar-refractivity contribution is 5.77. The standard InChI is InChI=1S/C12H23NO/c1-9(2)13-8-12(4,5)7-10(3)6-11(13)14/h9-10H,6-8H2,1-5H3. The highest BCUT2D eigenvalue weighted by Gasteiger charge is 2.32. The molecule has 0 aromatic heterocycles. The fourth-order valence-electron chi connectivity index (χ4n) is 2.52. The average molecular weight is 197 g/mol. The Kier molecular flexibility index (Phi) is 3.23. The van der Waals surface area contributed by atoms with Gasteiger partial charge in [-0.1, -0.05) is 20.8 Å². The van der Waals surface area contributed by atoms with E-state index in [9.17, 15) is 4.79 Å². The molecule has 1 heterocycles. The van der Waals surface area contributed by atoms with E-state index in [1.807, 2.05) is 4.90 Å². The van der Waals surface area contributed by atoms with Crippen LogP contribution in [0.4, 0.5) is 0 Å². The zero-order chi connectivity index (χ0) is 10.9. The van der Waals surface area contributed by atoms with Gasteiger partial charge in [0.25, 0.3) is 0 Å². The summed E-state index contributed by atoms with van der Waals surface area (Å²) in [6.45, 7) is 11.8. The molecule has 0 aromatic rings. The van der Waals surface area contributed by atoms with Gasteiger partial charge in [-0.25, -0.2) is 0 Å². The summed E-state index contributed by atoms with van der Waals surface area (Å²) in [7, 11) is 0. The number of rotatable bonds is 1. The van der Waals surface area contributed by atoms with Gasteiger partial charge >= 0.3 is 0 Å². The molecule has 1 aliphatic heterocycles. The second kappa shape index (κ2) is 3.92. The minimum absolute atomic E-state index is 0.274. The first-order valence-corrected chi connectivity index (χ1v) is 5.61. The Morgan fingerprint density at radius 3 is 2.50 bits per heavy atom. The predicted octanol–water partition coefficient (Wildman–Crippen LogP) is 2.68. The quantitative estimate of drug-likeness (QED) is 0.633. The maximum absolute atomic E-state index is 11.9. The minimum Gasteiger partial charge on any atom is -0.340 e. The van der Waals surface area contributed by atoms with Crippen LogP contribution >= 0.6 is 0 Å². The number of nitrogens with zero attached hydrogens (tertiary/aromatic N) is 1. The maximum Gasteiger partial charge on any atom is 0.223 e. The van der Waals surface area contributed by atoms with Crippen LogP contribution in [-0.2, 0) is 4.79 Å². The van der Waals surface area contributed by atoms with Crippen molar-refractivity contribution in [3.05, 3.63) is 0 Å². The Hall–Kier alpha value is -0.530. The Balaban J connectivity index is 2.82. The highest BCUT2D eigenvalue weighted by atomic mass is 16.2. The Morgan fingerprint density at radius 1 is 1.43 bits per heavy atom. The monoisotopic (exact) mass is 197 g/mol. The van der Waals surface area contributed by atoms with Crippen LogP contribution in [-0.4, -0.2) is 23.4 Å². The first kappa shape index (κ1) is 11.5. The van der Waals surface area contributed by atoms with E-state index < -0.39 is 0 Å². The molecule has 0 saturated carbocycles. The van der Waals surface area contributed by atoms with E-state index in [-0.39, 0.29) is 5.41 Å². The van der Waals surface area contributed by atoms with Crippen LogP contribution in [0.25, 0.3) is 0 Å². The van der Waals surface area contributed by atoms with E-state index in [1.165, 1.54) is 0 Å². The summed E-state index contributed by atoms with van der Waals surface area (Å²) in [6.07, 6.45) is 1.88. The predicted molar refractivity (Wildman–Crippen MR) is 59.0 cm³/mol. The molecule has 1 amide bonds. The summed E-state index contributed by atoms with van der Waals surface area (Å²) in [4.78, 5) is 13.9. The Bertz CT molecular complexity index is 220. The minimum atomic E-state index is 0.274. The van der Waals surface area contributed by atoms with Gasteiger partial charge in [0, 0.05) is 19.0 Å². The van der Waals surface area contributed by atoms with Gasteiger partial charge in [-0.05, 0) is 31.6 Å². The molecular weight excluding hydrogens is 174 g/mol. The maximum atomic E-state index is 11.9. The fraction of sp³-hybridized carbons (Fsp3) is 0.917. The van der Waals surface area contributed by atoms with Gasteiger partial charge in [0.05, 0.1) is 0 Å². The molecule has 1 rings (SSSR count). The van der Waals surface area contributed by atoms with Gasteiger partial charge in [0.2, 0.25) is 5.91 Å². The molecule has 0 spiro atoms. The van der Waals surface area contributed by atoms with Gasteiger partial charge in [0.1, 0.15) is 0 Å². The van der Waals surface area contributed by atoms with E-state index >= 15 is 0 Å². The molecule has 2 heteroatoms. The molecule has 1 saturated heterocycles. The number of carbonyl (C=O) groups excluding carboxylic acids is 1. The van der Waals surface area contributed by atoms with Gasteiger partial charge < -0.3 is 4.90 Å². The van der Waals surface area contributed by atoms with Crippen molar-refractivity contribution in [1.29, 1.82) is 0 Å². The third kappa shape index (κ3) is 2.73. The zero-order valence-corrected chi connectivity index (χ0v) is 10.1. The molecule has 2 nitrogen and oxygen atoms in total. The van der Waals surface area contributed by atoms with E-state index in [0.29, 0.717) is 17.9 Å². The van der Waals surface area contributed by atoms with Crippen molar-refractivity contribution in [1.82, 2.24) is 4.90 Å². The van der Waals surface area contributed by atoms with Crippen LogP contribution in [0.5, 0.6) is 0 Å². The summed E-state index contributed by atoms with van der Waals surface area (Å²) in [5, 5.41) is 0.